The molecule has 106 valence electrons. The van der Waals surface area contributed by atoms with Crippen molar-refractivity contribution in [1.82, 2.24) is 0 Å². The Labute approximate surface area is 114 Å². The molecular formula is C14H23N3O2. The Kier molecular flexibility index (Phi) is 4.78. The minimum Gasteiger partial charge on any atom is -0.397 e. The van der Waals surface area contributed by atoms with Crippen LogP contribution in [-0.2, 0) is 4.79 Å². The van der Waals surface area contributed by atoms with Gasteiger partial charge < -0.3 is 21.1 Å². The number of hydrogen-bond donors (Lipinski definition) is 3. The number of anilines is 3. The number of hydrogen-bond acceptors (Lipinski definition) is 4. The van der Waals surface area contributed by atoms with Crippen LogP contribution in [0.4, 0.5) is 17.1 Å². The average Bonchev–Trinajstić information content (AvgIpc) is 2.34. The maximum Gasteiger partial charge on any atom is 0.226 e. The minimum absolute atomic E-state index is 0.0385. The molecule has 5 nitrogen and oxygen atoms in total. The van der Waals surface area contributed by atoms with Crippen LogP contribution in [0.3, 0.4) is 0 Å². The van der Waals surface area contributed by atoms with E-state index in [0.717, 1.165) is 11.4 Å². The van der Waals surface area contributed by atoms with Crippen LogP contribution in [0.15, 0.2) is 18.2 Å². The Morgan fingerprint density at radius 3 is 2.58 bits per heavy atom. The predicted molar refractivity (Wildman–Crippen MR) is 79.3 cm³/mol. The number of rotatable bonds is 5. The standard InChI is InChI=1S/C14H23N3O2/c1-5-13(18)17(4)10-6-7-12(11(15)8-10)16-9-14(2,3)19/h6-8,16,19H,5,9,15H2,1-4H3. The van der Waals surface area contributed by atoms with Crippen molar-refractivity contribution in [3.05, 3.63) is 18.2 Å². The number of amides is 1. The van der Waals surface area contributed by atoms with E-state index in [-0.39, 0.29) is 5.91 Å². The lowest BCUT2D eigenvalue weighted by molar-refractivity contribution is -0.118. The molecule has 5 heteroatoms. The Balaban J connectivity index is 2.83. The van der Waals surface area contributed by atoms with Gasteiger partial charge in [-0.15, -0.1) is 0 Å². The molecule has 0 unspecified atom stereocenters. The lowest BCUT2D eigenvalue weighted by atomic mass is 10.1. The lowest BCUT2D eigenvalue weighted by Gasteiger charge is -2.21. The summed E-state index contributed by atoms with van der Waals surface area (Å²) < 4.78 is 0. The molecule has 0 fully saturated rings. The van der Waals surface area contributed by atoms with Crippen LogP contribution in [0.2, 0.25) is 0 Å². The molecule has 1 amide bonds. The highest BCUT2D eigenvalue weighted by Gasteiger charge is 2.14. The fourth-order valence-electron chi connectivity index (χ4n) is 1.61. The summed E-state index contributed by atoms with van der Waals surface area (Å²) in [6.45, 7) is 5.66. The number of nitrogens with one attached hydrogen (secondary N) is 1. The van der Waals surface area contributed by atoms with Gasteiger partial charge in [0.25, 0.3) is 0 Å². The van der Waals surface area contributed by atoms with Crippen molar-refractivity contribution < 1.29 is 9.90 Å². The number of nitrogen functional groups attached to an aromatic ring is 1. The molecule has 1 aromatic carbocycles. The van der Waals surface area contributed by atoms with E-state index in [1.54, 1.807) is 31.9 Å². The van der Waals surface area contributed by atoms with Gasteiger partial charge in [0.1, 0.15) is 0 Å². The topological polar surface area (TPSA) is 78.6 Å². The largest absolute Gasteiger partial charge is 0.397 e. The number of benzene rings is 1. The van der Waals surface area contributed by atoms with Crippen LogP contribution in [0, 0.1) is 0 Å². The van der Waals surface area contributed by atoms with E-state index in [4.69, 9.17) is 5.73 Å². The van der Waals surface area contributed by atoms with E-state index in [2.05, 4.69) is 5.32 Å². The second kappa shape index (κ2) is 5.93. The Bertz CT molecular complexity index is 452. The smallest absolute Gasteiger partial charge is 0.226 e. The molecular weight excluding hydrogens is 242 g/mol. The molecule has 0 saturated carbocycles. The quantitative estimate of drug-likeness (QED) is 0.710. The maximum atomic E-state index is 11.6. The SMILES string of the molecule is CCC(=O)N(C)c1ccc(NCC(C)(C)O)c(N)c1. The molecule has 4 N–H and O–H groups in total. The Morgan fingerprint density at radius 1 is 1.47 bits per heavy atom. The fraction of sp³-hybridized carbons (Fsp3) is 0.500. The molecule has 0 heterocycles. The molecule has 1 aromatic rings. The lowest BCUT2D eigenvalue weighted by Crippen LogP contribution is -2.29. The summed E-state index contributed by atoms with van der Waals surface area (Å²) in [5, 5.41) is 12.7. The number of aliphatic hydroxyl groups is 1. The molecule has 0 atom stereocenters. The zero-order valence-corrected chi connectivity index (χ0v) is 12.0. The van der Waals surface area contributed by atoms with Crippen LogP contribution < -0.4 is 16.0 Å². The normalized spacial score (nSPS) is 11.2. The van der Waals surface area contributed by atoms with Crippen LogP contribution in [-0.4, -0.2) is 30.2 Å². The van der Waals surface area contributed by atoms with E-state index in [9.17, 15) is 9.90 Å². The highest BCUT2D eigenvalue weighted by Crippen LogP contribution is 2.25. The van der Waals surface area contributed by atoms with Gasteiger partial charge in [-0.3, -0.25) is 4.79 Å². The monoisotopic (exact) mass is 265 g/mol. The molecule has 0 aliphatic rings. The van der Waals surface area contributed by atoms with Gasteiger partial charge in [-0.25, -0.2) is 0 Å². The molecule has 19 heavy (non-hydrogen) atoms. The first-order chi connectivity index (χ1) is 8.74. The zero-order valence-electron chi connectivity index (χ0n) is 12.0. The fourth-order valence-corrected chi connectivity index (χ4v) is 1.61. The van der Waals surface area contributed by atoms with Crippen molar-refractivity contribution in [2.45, 2.75) is 32.8 Å². The summed E-state index contributed by atoms with van der Waals surface area (Å²) in [4.78, 5) is 13.2. The number of nitrogens with two attached hydrogens (primary N) is 1. The van der Waals surface area contributed by atoms with E-state index in [1.807, 2.05) is 19.1 Å². The van der Waals surface area contributed by atoms with Crippen LogP contribution in [0.1, 0.15) is 27.2 Å². The molecule has 0 spiro atoms. The first kappa shape index (κ1) is 15.3. The third-order valence-corrected chi connectivity index (χ3v) is 2.81. The summed E-state index contributed by atoms with van der Waals surface area (Å²) in [6, 6.07) is 5.40. The van der Waals surface area contributed by atoms with Crippen molar-refractivity contribution in [2.24, 2.45) is 0 Å². The second-order valence-electron chi connectivity index (χ2n) is 5.24. The number of nitrogens with zero attached hydrogens (tertiary/aromatic N) is 1. The summed E-state index contributed by atoms with van der Waals surface area (Å²) in [7, 11) is 1.73. The van der Waals surface area contributed by atoms with E-state index in [1.165, 1.54) is 0 Å². The summed E-state index contributed by atoms with van der Waals surface area (Å²) >= 11 is 0. The van der Waals surface area contributed by atoms with Crippen molar-refractivity contribution in [3.63, 3.8) is 0 Å². The van der Waals surface area contributed by atoms with Gasteiger partial charge in [0.05, 0.1) is 17.0 Å². The van der Waals surface area contributed by atoms with Gasteiger partial charge in [0, 0.05) is 25.7 Å². The van der Waals surface area contributed by atoms with Crippen LogP contribution in [0.25, 0.3) is 0 Å². The average molecular weight is 265 g/mol. The third-order valence-electron chi connectivity index (χ3n) is 2.81. The molecule has 0 aliphatic carbocycles. The molecule has 0 radical (unpaired) electrons. The van der Waals surface area contributed by atoms with E-state index >= 15 is 0 Å². The van der Waals surface area contributed by atoms with E-state index < -0.39 is 5.60 Å². The van der Waals surface area contributed by atoms with Crippen molar-refractivity contribution in [3.8, 4) is 0 Å². The second-order valence-corrected chi connectivity index (χ2v) is 5.24. The zero-order chi connectivity index (χ0) is 14.6. The molecule has 0 saturated heterocycles. The van der Waals surface area contributed by atoms with Gasteiger partial charge in [-0.05, 0) is 32.0 Å². The van der Waals surface area contributed by atoms with Gasteiger partial charge >= 0.3 is 0 Å². The van der Waals surface area contributed by atoms with Gasteiger partial charge in [0.2, 0.25) is 5.91 Å². The first-order valence-corrected chi connectivity index (χ1v) is 6.37. The van der Waals surface area contributed by atoms with Gasteiger partial charge in [-0.2, -0.15) is 0 Å². The number of carbonyl (C=O) groups is 1. The minimum atomic E-state index is -0.805. The molecule has 0 aromatic heterocycles. The van der Waals surface area contributed by atoms with Crippen LogP contribution in [0.5, 0.6) is 0 Å². The number of carbonyl (C=O) groups excluding carboxylic acids is 1. The Hall–Kier alpha value is -1.75. The van der Waals surface area contributed by atoms with Gasteiger partial charge in [0.15, 0.2) is 0 Å². The summed E-state index contributed by atoms with van der Waals surface area (Å²) in [6.07, 6.45) is 0.453. The molecule has 0 bridgehead atoms. The highest BCUT2D eigenvalue weighted by atomic mass is 16.3. The molecule has 0 aliphatic heterocycles. The highest BCUT2D eigenvalue weighted by molar-refractivity contribution is 5.93. The third kappa shape index (κ3) is 4.44. The Morgan fingerprint density at radius 2 is 2.11 bits per heavy atom. The van der Waals surface area contributed by atoms with Crippen molar-refractivity contribution in [1.29, 1.82) is 0 Å². The van der Waals surface area contributed by atoms with Crippen molar-refractivity contribution in [2.75, 3.05) is 29.5 Å². The summed E-state index contributed by atoms with van der Waals surface area (Å²) in [5.74, 6) is 0.0385. The predicted octanol–water partition coefficient (Wildman–Crippen LogP) is 1.82. The van der Waals surface area contributed by atoms with Crippen LogP contribution >= 0.6 is 0 Å². The molecule has 1 rings (SSSR count). The van der Waals surface area contributed by atoms with E-state index in [0.29, 0.717) is 18.7 Å². The first-order valence-electron chi connectivity index (χ1n) is 6.37. The summed E-state index contributed by atoms with van der Waals surface area (Å²) in [5.41, 5.74) is 7.21. The van der Waals surface area contributed by atoms with Crippen molar-refractivity contribution >= 4 is 23.0 Å². The van der Waals surface area contributed by atoms with Gasteiger partial charge in [-0.1, -0.05) is 6.92 Å². The maximum absolute atomic E-state index is 11.6.